The maximum absolute atomic E-state index is 12.2. The third kappa shape index (κ3) is 2.90. The molecule has 22 heavy (non-hydrogen) atoms. The number of carbonyl (C=O) groups is 1. The van der Waals surface area contributed by atoms with Crippen LogP contribution in [0.3, 0.4) is 0 Å². The second-order valence-electron chi connectivity index (χ2n) is 6.37. The van der Waals surface area contributed by atoms with Crippen LogP contribution in [0.1, 0.15) is 69.0 Å². The molecule has 2 saturated carbocycles. The van der Waals surface area contributed by atoms with Gasteiger partial charge in [0.05, 0.1) is 0 Å². The minimum atomic E-state index is -0.113. The number of hydrogen-bond acceptors (Lipinski definition) is 4. The van der Waals surface area contributed by atoms with Crippen LogP contribution in [0.4, 0.5) is 0 Å². The van der Waals surface area contributed by atoms with E-state index in [1.165, 1.54) is 48.1 Å². The Hall–Kier alpha value is -1.75. The third-order valence-corrected chi connectivity index (χ3v) is 5.46. The van der Waals surface area contributed by atoms with Crippen LogP contribution in [-0.2, 0) is 6.54 Å². The number of aromatic nitrogens is 2. The molecule has 0 unspecified atom stereocenters. The van der Waals surface area contributed by atoms with Crippen molar-refractivity contribution in [3.63, 3.8) is 0 Å². The molecular formula is C17H19N3OS. The van der Waals surface area contributed by atoms with Crippen LogP contribution >= 0.6 is 11.3 Å². The molecular weight excluding hydrogens is 294 g/mol. The zero-order valence-corrected chi connectivity index (χ0v) is 13.4. The number of benzene rings is 1. The molecule has 0 bridgehead atoms. The van der Waals surface area contributed by atoms with Crippen LogP contribution < -0.4 is 5.32 Å². The lowest BCUT2D eigenvalue weighted by molar-refractivity contribution is 0.0950. The second-order valence-corrected chi connectivity index (χ2v) is 7.38. The van der Waals surface area contributed by atoms with Crippen LogP contribution in [0.25, 0.3) is 0 Å². The summed E-state index contributed by atoms with van der Waals surface area (Å²) >= 11 is 1.43. The second kappa shape index (κ2) is 5.47. The van der Waals surface area contributed by atoms with E-state index in [-0.39, 0.29) is 5.91 Å². The molecule has 2 aromatic rings. The van der Waals surface area contributed by atoms with Gasteiger partial charge in [-0.2, -0.15) is 0 Å². The van der Waals surface area contributed by atoms with E-state index in [1.807, 2.05) is 0 Å². The highest BCUT2D eigenvalue weighted by molar-refractivity contribution is 7.13. The lowest BCUT2D eigenvalue weighted by Crippen LogP contribution is -2.22. The van der Waals surface area contributed by atoms with Crippen molar-refractivity contribution >= 4 is 17.2 Å². The monoisotopic (exact) mass is 313 g/mol. The normalized spacial score (nSPS) is 17.5. The van der Waals surface area contributed by atoms with Crippen LogP contribution in [0.5, 0.6) is 0 Å². The fourth-order valence-electron chi connectivity index (χ4n) is 2.71. The molecule has 1 heterocycles. The number of carbonyl (C=O) groups excluding carboxylic acids is 1. The molecule has 114 valence electrons. The Labute approximate surface area is 134 Å². The Kier molecular flexibility index (Phi) is 3.45. The molecule has 0 radical (unpaired) electrons. The molecule has 0 aliphatic heterocycles. The van der Waals surface area contributed by atoms with Gasteiger partial charge in [-0.3, -0.25) is 4.79 Å². The number of hydrogen-bond donors (Lipinski definition) is 1. The molecule has 1 amide bonds. The van der Waals surface area contributed by atoms with Crippen molar-refractivity contribution in [3.05, 3.63) is 44.9 Å². The Morgan fingerprint density at radius 3 is 2.73 bits per heavy atom. The molecule has 4 rings (SSSR count). The highest BCUT2D eigenvalue weighted by Crippen LogP contribution is 2.42. The number of rotatable bonds is 5. The fraction of sp³-hybridized carbons (Fsp3) is 0.471. The van der Waals surface area contributed by atoms with E-state index in [0.717, 1.165) is 16.5 Å². The lowest BCUT2D eigenvalue weighted by atomic mass is 10.0. The maximum atomic E-state index is 12.2. The van der Waals surface area contributed by atoms with Crippen molar-refractivity contribution in [1.82, 2.24) is 15.5 Å². The van der Waals surface area contributed by atoms with Gasteiger partial charge in [0, 0.05) is 12.5 Å². The van der Waals surface area contributed by atoms with Crippen molar-refractivity contribution < 1.29 is 4.79 Å². The van der Waals surface area contributed by atoms with Crippen LogP contribution in [0, 0.1) is 6.92 Å². The van der Waals surface area contributed by atoms with Crippen molar-refractivity contribution in [1.29, 1.82) is 0 Å². The van der Waals surface area contributed by atoms with Gasteiger partial charge >= 0.3 is 0 Å². The zero-order chi connectivity index (χ0) is 15.1. The molecule has 0 saturated heterocycles. The van der Waals surface area contributed by atoms with E-state index >= 15 is 0 Å². The van der Waals surface area contributed by atoms with Crippen molar-refractivity contribution in [2.24, 2.45) is 0 Å². The Bertz CT molecular complexity index is 716. The van der Waals surface area contributed by atoms with Crippen molar-refractivity contribution in [2.75, 3.05) is 0 Å². The molecule has 4 nitrogen and oxygen atoms in total. The van der Waals surface area contributed by atoms with Gasteiger partial charge in [0.2, 0.25) is 5.01 Å². The molecule has 1 aromatic carbocycles. The summed E-state index contributed by atoms with van der Waals surface area (Å²) in [7, 11) is 0. The summed E-state index contributed by atoms with van der Waals surface area (Å²) in [6, 6.07) is 6.49. The number of amides is 1. The smallest absolute Gasteiger partial charge is 0.282 e. The SMILES string of the molecule is Cc1ccc(CNC(=O)c2nnc(C3CC3)s2)cc1C1CC1. The van der Waals surface area contributed by atoms with Gasteiger partial charge in [-0.25, -0.2) is 0 Å². The lowest BCUT2D eigenvalue weighted by Gasteiger charge is -2.08. The summed E-state index contributed by atoms with van der Waals surface area (Å²) in [5.41, 5.74) is 3.96. The molecule has 5 heteroatoms. The van der Waals surface area contributed by atoms with E-state index in [0.29, 0.717) is 17.5 Å². The molecule has 0 atom stereocenters. The molecule has 1 aromatic heterocycles. The predicted molar refractivity (Wildman–Crippen MR) is 86.2 cm³/mol. The molecule has 2 fully saturated rings. The summed E-state index contributed by atoms with van der Waals surface area (Å²) in [5, 5.41) is 12.6. The summed E-state index contributed by atoms with van der Waals surface area (Å²) in [4.78, 5) is 12.2. The van der Waals surface area contributed by atoms with Gasteiger partial charge in [-0.15, -0.1) is 10.2 Å². The first-order valence-corrected chi connectivity index (χ1v) is 8.73. The Morgan fingerprint density at radius 2 is 2.00 bits per heavy atom. The first-order valence-electron chi connectivity index (χ1n) is 7.92. The maximum Gasteiger partial charge on any atom is 0.282 e. The zero-order valence-electron chi connectivity index (χ0n) is 12.6. The fourth-order valence-corrected chi connectivity index (χ4v) is 3.64. The molecule has 0 spiro atoms. The first-order chi connectivity index (χ1) is 10.7. The largest absolute Gasteiger partial charge is 0.346 e. The molecule has 1 N–H and O–H groups in total. The topological polar surface area (TPSA) is 54.9 Å². The summed E-state index contributed by atoms with van der Waals surface area (Å²) in [6.07, 6.45) is 4.96. The average molecular weight is 313 g/mol. The standard InChI is InChI=1S/C17H19N3OS/c1-10-2-3-11(8-14(10)12-4-5-12)9-18-15(21)17-20-19-16(22-17)13-6-7-13/h2-3,8,12-13H,4-7,9H2,1H3,(H,18,21). The number of nitrogens with one attached hydrogen (secondary N) is 1. The molecule has 2 aliphatic carbocycles. The summed E-state index contributed by atoms with van der Waals surface area (Å²) < 4.78 is 0. The van der Waals surface area contributed by atoms with E-state index in [9.17, 15) is 4.79 Å². The van der Waals surface area contributed by atoms with Gasteiger partial charge in [-0.1, -0.05) is 29.5 Å². The van der Waals surface area contributed by atoms with Crippen molar-refractivity contribution in [3.8, 4) is 0 Å². The van der Waals surface area contributed by atoms with Gasteiger partial charge < -0.3 is 5.32 Å². The number of aryl methyl sites for hydroxylation is 1. The Morgan fingerprint density at radius 1 is 1.23 bits per heavy atom. The quantitative estimate of drug-likeness (QED) is 0.918. The number of nitrogens with zero attached hydrogens (tertiary/aromatic N) is 2. The Balaban J connectivity index is 1.40. The predicted octanol–water partition coefficient (Wildman–Crippen LogP) is 3.53. The minimum absolute atomic E-state index is 0.113. The minimum Gasteiger partial charge on any atom is -0.346 e. The van der Waals surface area contributed by atoms with E-state index in [2.05, 4.69) is 40.6 Å². The van der Waals surface area contributed by atoms with Gasteiger partial charge in [0.15, 0.2) is 0 Å². The third-order valence-electron chi connectivity index (χ3n) is 4.38. The summed E-state index contributed by atoms with van der Waals surface area (Å²) in [6.45, 7) is 2.72. The summed E-state index contributed by atoms with van der Waals surface area (Å²) in [5.74, 6) is 1.18. The average Bonchev–Trinajstić information content (AvgIpc) is 3.45. The van der Waals surface area contributed by atoms with Gasteiger partial charge in [0.1, 0.15) is 5.01 Å². The van der Waals surface area contributed by atoms with Crippen LogP contribution in [0.15, 0.2) is 18.2 Å². The molecule has 2 aliphatic rings. The highest BCUT2D eigenvalue weighted by atomic mass is 32.1. The first kappa shape index (κ1) is 13.9. The highest BCUT2D eigenvalue weighted by Gasteiger charge is 2.28. The van der Waals surface area contributed by atoms with Gasteiger partial charge in [-0.05, 0) is 55.2 Å². The van der Waals surface area contributed by atoms with Crippen LogP contribution in [0.2, 0.25) is 0 Å². The van der Waals surface area contributed by atoms with E-state index in [1.54, 1.807) is 0 Å². The van der Waals surface area contributed by atoms with E-state index in [4.69, 9.17) is 0 Å². The van der Waals surface area contributed by atoms with Crippen molar-refractivity contribution in [2.45, 2.75) is 51.0 Å². The van der Waals surface area contributed by atoms with Gasteiger partial charge in [0.25, 0.3) is 5.91 Å². The van der Waals surface area contributed by atoms with E-state index < -0.39 is 0 Å². The van der Waals surface area contributed by atoms with Crippen LogP contribution in [-0.4, -0.2) is 16.1 Å².